The second-order valence-electron chi connectivity index (χ2n) is 3.96. The zero-order chi connectivity index (χ0) is 12.8. The Morgan fingerprint density at radius 2 is 0.944 bits per heavy atom. The summed E-state index contributed by atoms with van der Waals surface area (Å²) in [6.45, 7) is 1.20. The lowest BCUT2D eigenvalue weighted by Gasteiger charge is -2.07. The fourth-order valence-electron chi connectivity index (χ4n) is 1.53. The lowest BCUT2D eigenvalue weighted by Crippen LogP contribution is -2.30. The summed E-state index contributed by atoms with van der Waals surface area (Å²) in [5, 5.41) is 0. The smallest absolute Gasteiger partial charge is 0.123 e. The van der Waals surface area contributed by atoms with Crippen LogP contribution < -0.4 is 10.9 Å². The van der Waals surface area contributed by atoms with Gasteiger partial charge in [-0.25, -0.2) is 8.78 Å². The average molecular weight is 248 g/mol. The van der Waals surface area contributed by atoms with E-state index >= 15 is 0 Å². The number of benzene rings is 2. The van der Waals surface area contributed by atoms with Crippen molar-refractivity contribution < 1.29 is 8.78 Å². The Morgan fingerprint density at radius 3 is 1.28 bits per heavy atom. The Hall–Kier alpha value is -1.78. The fraction of sp³-hybridized carbons (Fsp3) is 0.143. The van der Waals surface area contributed by atoms with Crippen LogP contribution in [0.2, 0.25) is 0 Å². The van der Waals surface area contributed by atoms with Crippen LogP contribution in [-0.4, -0.2) is 0 Å². The summed E-state index contributed by atoms with van der Waals surface area (Å²) in [5.41, 5.74) is 8.01. The lowest BCUT2D eigenvalue weighted by atomic mass is 10.2. The SMILES string of the molecule is Fc1ccc(CNNCc2ccc(F)cc2)cc1. The summed E-state index contributed by atoms with van der Waals surface area (Å²) in [6, 6.07) is 12.6. The highest BCUT2D eigenvalue weighted by molar-refractivity contribution is 5.16. The molecule has 2 aromatic carbocycles. The van der Waals surface area contributed by atoms with Crippen molar-refractivity contribution in [1.82, 2.24) is 10.9 Å². The molecule has 0 aliphatic carbocycles. The maximum atomic E-state index is 12.7. The highest BCUT2D eigenvalue weighted by Crippen LogP contribution is 2.03. The molecule has 0 aliphatic rings. The number of rotatable bonds is 5. The molecule has 0 aromatic heterocycles. The van der Waals surface area contributed by atoms with Crippen molar-refractivity contribution in [2.45, 2.75) is 13.1 Å². The van der Waals surface area contributed by atoms with Crippen LogP contribution in [-0.2, 0) is 13.1 Å². The minimum Gasteiger partial charge on any atom is -0.253 e. The van der Waals surface area contributed by atoms with Crippen LogP contribution >= 0.6 is 0 Å². The van der Waals surface area contributed by atoms with Gasteiger partial charge in [-0.15, -0.1) is 0 Å². The van der Waals surface area contributed by atoms with Crippen molar-refractivity contribution in [1.29, 1.82) is 0 Å². The van der Waals surface area contributed by atoms with Gasteiger partial charge in [-0.2, -0.15) is 0 Å². The van der Waals surface area contributed by atoms with Crippen molar-refractivity contribution in [3.63, 3.8) is 0 Å². The van der Waals surface area contributed by atoms with Gasteiger partial charge in [0.15, 0.2) is 0 Å². The van der Waals surface area contributed by atoms with E-state index in [9.17, 15) is 8.78 Å². The number of hydrazine groups is 1. The molecule has 0 amide bonds. The van der Waals surface area contributed by atoms with Gasteiger partial charge in [0.05, 0.1) is 0 Å². The molecular formula is C14H14F2N2. The van der Waals surface area contributed by atoms with E-state index in [1.165, 1.54) is 24.3 Å². The molecule has 0 heterocycles. The minimum absolute atomic E-state index is 0.238. The van der Waals surface area contributed by atoms with Crippen molar-refractivity contribution in [2.24, 2.45) is 0 Å². The fourth-order valence-corrected chi connectivity index (χ4v) is 1.53. The molecule has 94 valence electrons. The maximum absolute atomic E-state index is 12.7. The van der Waals surface area contributed by atoms with E-state index in [1.54, 1.807) is 24.3 Å². The largest absolute Gasteiger partial charge is 0.253 e. The van der Waals surface area contributed by atoms with Gasteiger partial charge >= 0.3 is 0 Å². The highest BCUT2D eigenvalue weighted by Gasteiger charge is 1.95. The van der Waals surface area contributed by atoms with E-state index in [-0.39, 0.29) is 11.6 Å². The molecule has 0 saturated carbocycles. The molecule has 0 radical (unpaired) electrons. The van der Waals surface area contributed by atoms with Crippen molar-refractivity contribution in [2.75, 3.05) is 0 Å². The van der Waals surface area contributed by atoms with Crippen LogP contribution in [0.3, 0.4) is 0 Å². The molecule has 2 N–H and O–H groups in total. The Kier molecular flexibility index (Phi) is 4.39. The molecule has 2 aromatic rings. The Balaban J connectivity index is 1.73. The topological polar surface area (TPSA) is 24.1 Å². The van der Waals surface area contributed by atoms with Gasteiger partial charge in [0, 0.05) is 13.1 Å². The van der Waals surface area contributed by atoms with E-state index < -0.39 is 0 Å². The van der Waals surface area contributed by atoms with Gasteiger partial charge in [0.25, 0.3) is 0 Å². The first-order chi connectivity index (χ1) is 8.74. The molecule has 0 saturated heterocycles. The molecular weight excluding hydrogens is 234 g/mol. The zero-order valence-corrected chi connectivity index (χ0v) is 9.79. The summed E-state index contributed by atoms with van der Waals surface area (Å²) in [7, 11) is 0. The van der Waals surface area contributed by atoms with Gasteiger partial charge < -0.3 is 0 Å². The normalized spacial score (nSPS) is 10.6. The van der Waals surface area contributed by atoms with Crippen molar-refractivity contribution in [3.8, 4) is 0 Å². The molecule has 2 rings (SSSR count). The quantitative estimate of drug-likeness (QED) is 0.628. The third-order valence-corrected chi connectivity index (χ3v) is 2.54. The van der Waals surface area contributed by atoms with Gasteiger partial charge in [-0.1, -0.05) is 24.3 Å². The van der Waals surface area contributed by atoms with Crippen LogP contribution in [0.25, 0.3) is 0 Å². The van der Waals surface area contributed by atoms with Gasteiger partial charge in [0.2, 0.25) is 0 Å². The molecule has 0 unspecified atom stereocenters. The summed E-state index contributed by atoms with van der Waals surface area (Å²) in [5.74, 6) is -0.476. The molecule has 0 atom stereocenters. The third kappa shape index (κ3) is 3.91. The summed E-state index contributed by atoms with van der Waals surface area (Å²) >= 11 is 0. The first-order valence-electron chi connectivity index (χ1n) is 5.68. The van der Waals surface area contributed by atoms with Crippen LogP contribution in [0.15, 0.2) is 48.5 Å². The van der Waals surface area contributed by atoms with Crippen LogP contribution in [0.4, 0.5) is 8.78 Å². The highest BCUT2D eigenvalue weighted by atomic mass is 19.1. The molecule has 0 spiro atoms. The van der Waals surface area contributed by atoms with Gasteiger partial charge in [-0.3, -0.25) is 10.9 Å². The zero-order valence-electron chi connectivity index (χ0n) is 9.79. The van der Waals surface area contributed by atoms with Crippen LogP contribution in [0, 0.1) is 11.6 Å². The van der Waals surface area contributed by atoms with E-state index in [0.29, 0.717) is 13.1 Å². The minimum atomic E-state index is -0.238. The number of halogens is 2. The molecule has 2 nitrogen and oxygen atoms in total. The molecule has 18 heavy (non-hydrogen) atoms. The molecule has 4 heteroatoms. The molecule has 0 bridgehead atoms. The third-order valence-electron chi connectivity index (χ3n) is 2.54. The number of nitrogens with one attached hydrogen (secondary N) is 2. The Labute approximate surface area is 105 Å². The van der Waals surface area contributed by atoms with Crippen LogP contribution in [0.1, 0.15) is 11.1 Å². The Bertz CT molecular complexity index is 433. The molecule has 0 fully saturated rings. The van der Waals surface area contributed by atoms with Gasteiger partial charge in [-0.05, 0) is 35.4 Å². The van der Waals surface area contributed by atoms with E-state index in [2.05, 4.69) is 10.9 Å². The van der Waals surface area contributed by atoms with Crippen molar-refractivity contribution >= 4 is 0 Å². The van der Waals surface area contributed by atoms with Gasteiger partial charge in [0.1, 0.15) is 11.6 Å². The summed E-state index contributed by atoms with van der Waals surface area (Å²) in [6.07, 6.45) is 0. The van der Waals surface area contributed by atoms with Crippen LogP contribution in [0.5, 0.6) is 0 Å². The number of hydrogen-bond donors (Lipinski definition) is 2. The van der Waals surface area contributed by atoms with E-state index in [1.807, 2.05) is 0 Å². The van der Waals surface area contributed by atoms with E-state index in [4.69, 9.17) is 0 Å². The Morgan fingerprint density at radius 1 is 0.611 bits per heavy atom. The second kappa shape index (κ2) is 6.23. The predicted octanol–water partition coefficient (Wildman–Crippen LogP) is 2.76. The second-order valence-corrected chi connectivity index (χ2v) is 3.96. The summed E-state index contributed by atoms with van der Waals surface area (Å²) in [4.78, 5) is 0. The molecule has 0 aliphatic heterocycles. The maximum Gasteiger partial charge on any atom is 0.123 e. The standard InChI is InChI=1S/C14H14F2N2/c15-13-5-1-11(2-6-13)9-17-18-10-12-3-7-14(16)8-4-12/h1-8,17-18H,9-10H2. The first-order valence-corrected chi connectivity index (χ1v) is 5.68. The lowest BCUT2D eigenvalue weighted by molar-refractivity contribution is 0.528. The summed E-state index contributed by atoms with van der Waals surface area (Å²) < 4.78 is 25.3. The number of hydrogen-bond acceptors (Lipinski definition) is 2. The average Bonchev–Trinajstić information content (AvgIpc) is 2.39. The monoisotopic (exact) mass is 248 g/mol. The van der Waals surface area contributed by atoms with E-state index in [0.717, 1.165) is 11.1 Å². The van der Waals surface area contributed by atoms with Crippen molar-refractivity contribution in [3.05, 3.63) is 71.3 Å². The first kappa shape index (κ1) is 12.7. The predicted molar refractivity (Wildman–Crippen MR) is 66.5 cm³/mol.